The molecule has 0 unspecified atom stereocenters. The summed E-state index contributed by atoms with van der Waals surface area (Å²) in [7, 11) is 0. The molecular weight excluding hydrogens is 246 g/mol. The molecule has 13 heavy (non-hydrogen) atoms. The highest BCUT2D eigenvalue weighted by Gasteiger charge is 2.28. The highest BCUT2D eigenvalue weighted by Crippen LogP contribution is 2.03. The fraction of sp³-hybridized carbons (Fsp3) is 1.00. The molecule has 0 aliphatic heterocycles. The van der Waals surface area contributed by atoms with Crippen LogP contribution in [0.1, 0.15) is 0 Å². The van der Waals surface area contributed by atoms with E-state index in [4.69, 9.17) is 31.3 Å². The van der Waals surface area contributed by atoms with Gasteiger partial charge in [0.1, 0.15) is 18.3 Å². The molecule has 4 atom stereocenters. The summed E-state index contributed by atoms with van der Waals surface area (Å²) in [6.07, 6.45) is -5.91. The molecule has 82 valence electrons. The van der Waals surface area contributed by atoms with E-state index in [1.807, 2.05) is 0 Å². The number of nitrogens with two attached hydrogens (primary N) is 1. The first-order valence-electron chi connectivity index (χ1n) is 3.57. The standard InChI is InChI=1S/C6H15NO5.BrH/c7-1-3(9)5(11)6(12)4(10)2-8;/h3-6,8-12H,1-2,7H2;1H/t3-,4+,5+,6-;/m0./s1. The minimum Gasteiger partial charge on any atom is -0.394 e. The second-order valence-corrected chi connectivity index (χ2v) is 2.53. The molecule has 7 N–H and O–H groups in total. The number of aliphatic hydroxyl groups excluding tert-OH is 5. The summed E-state index contributed by atoms with van der Waals surface area (Å²) < 4.78 is 0. The van der Waals surface area contributed by atoms with Crippen molar-refractivity contribution in [2.45, 2.75) is 24.4 Å². The van der Waals surface area contributed by atoms with Gasteiger partial charge in [-0.1, -0.05) is 0 Å². The van der Waals surface area contributed by atoms with Gasteiger partial charge in [0.15, 0.2) is 0 Å². The largest absolute Gasteiger partial charge is 0.394 e. The van der Waals surface area contributed by atoms with Crippen LogP contribution in [-0.2, 0) is 0 Å². The van der Waals surface area contributed by atoms with Gasteiger partial charge in [0.2, 0.25) is 0 Å². The number of hydrogen-bond donors (Lipinski definition) is 6. The van der Waals surface area contributed by atoms with Crippen molar-refractivity contribution in [3.05, 3.63) is 0 Å². The summed E-state index contributed by atoms with van der Waals surface area (Å²) in [5.74, 6) is 0. The molecule has 0 aromatic heterocycles. The van der Waals surface area contributed by atoms with E-state index in [1.165, 1.54) is 0 Å². The predicted octanol–water partition coefficient (Wildman–Crippen LogP) is -3.04. The number of aliphatic hydroxyl groups is 5. The molecule has 0 amide bonds. The summed E-state index contributed by atoms with van der Waals surface area (Å²) in [5.41, 5.74) is 4.99. The van der Waals surface area contributed by atoms with Gasteiger partial charge in [-0.15, -0.1) is 17.0 Å². The SMILES string of the molecule is Br.NC[C@H](O)[C@@H](O)[C@@H](O)[C@H](O)CO. The van der Waals surface area contributed by atoms with Crippen LogP contribution in [0.4, 0.5) is 0 Å². The van der Waals surface area contributed by atoms with Gasteiger partial charge in [0.05, 0.1) is 12.7 Å². The highest BCUT2D eigenvalue weighted by molar-refractivity contribution is 8.93. The first-order chi connectivity index (χ1) is 5.54. The van der Waals surface area contributed by atoms with Crippen LogP contribution in [0.25, 0.3) is 0 Å². The molecule has 0 aliphatic carbocycles. The maximum atomic E-state index is 9.04. The van der Waals surface area contributed by atoms with E-state index in [2.05, 4.69) is 0 Å². The molecule has 0 aromatic rings. The van der Waals surface area contributed by atoms with Crippen molar-refractivity contribution in [3.8, 4) is 0 Å². The first-order valence-corrected chi connectivity index (χ1v) is 3.57. The van der Waals surface area contributed by atoms with Gasteiger partial charge in [0, 0.05) is 6.54 Å². The van der Waals surface area contributed by atoms with Gasteiger partial charge in [-0.3, -0.25) is 0 Å². The lowest BCUT2D eigenvalue weighted by Gasteiger charge is -2.24. The molecule has 0 aliphatic rings. The van der Waals surface area contributed by atoms with Crippen molar-refractivity contribution < 1.29 is 25.5 Å². The summed E-state index contributed by atoms with van der Waals surface area (Å²) in [6, 6.07) is 0. The monoisotopic (exact) mass is 261 g/mol. The molecule has 0 rings (SSSR count). The lowest BCUT2D eigenvalue weighted by molar-refractivity contribution is -0.112. The first kappa shape index (κ1) is 15.7. The van der Waals surface area contributed by atoms with Crippen LogP contribution in [0.2, 0.25) is 0 Å². The van der Waals surface area contributed by atoms with Gasteiger partial charge in [-0.2, -0.15) is 0 Å². The van der Waals surface area contributed by atoms with E-state index in [-0.39, 0.29) is 23.5 Å². The van der Waals surface area contributed by atoms with Gasteiger partial charge in [-0.25, -0.2) is 0 Å². The Balaban J connectivity index is 0. The quantitative estimate of drug-likeness (QED) is 0.312. The van der Waals surface area contributed by atoms with Crippen LogP contribution in [0.15, 0.2) is 0 Å². The second-order valence-electron chi connectivity index (χ2n) is 2.53. The van der Waals surface area contributed by atoms with E-state index in [9.17, 15) is 0 Å². The van der Waals surface area contributed by atoms with E-state index < -0.39 is 31.0 Å². The van der Waals surface area contributed by atoms with Crippen LogP contribution >= 0.6 is 17.0 Å². The lowest BCUT2D eigenvalue weighted by atomic mass is 10.0. The van der Waals surface area contributed by atoms with Crippen molar-refractivity contribution in [3.63, 3.8) is 0 Å². The second kappa shape index (κ2) is 7.63. The Morgan fingerprint density at radius 2 is 1.31 bits per heavy atom. The predicted molar refractivity (Wildman–Crippen MR) is 50.5 cm³/mol. The van der Waals surface area contributed by atoms with Gasteiger partial charge < -0.3 is 31.3 Å². The third-order valence-corrected chi connectivity index (χ3v) is 1.57. The zero-order valence-electron chi connectivity index (χ0n) is 6.95. The molecular formula is C6H16BrNO5. The minimum absolute atomic E-state index is 0. The Labute approximate surface area is 86.4 Å². The van der Waals surface area contributed by atoms with E-state index >= 15 is 0 Å². The Morgan fingerprint density at radius 1 is 0.923 bits per heavy atom. The topological polar surface area (TPSA) is 127 Å². The normalized spacial score (nSPS) is 19.8. The maximum Gasteiger partial charge on any atom is 0.111 e. The summed E-state index contributed by atoms with van der Waals surface area (Å²) in [6.45, 7) is -0.911. The lowest BCUT2D eigenvalue weighted by Crippen LogP contribution is -2.48. The van der Waals surface area contributed by atoms with Gasteiger partial charge in [0.25, 0.3) is 0 Å². The van der Waals surface area contributed by atoms with Crippen LogP contribution in [0.5, 0.6) is 0 Å². The molecule has 0 bridgehead atoms. The van der Waals surface area contributed by atoms with Crippen LogP contribution < -0.4 is 5.73 Å². The van der Waals surface area contributed by atoms with E-state index in [0.717, 1.165) is 0 Å². The van der Waals surface area contributed by atoms with Gasteiger partial charge >= 0.3 is 0 Å². The fourth-order valence-electron chi connectivity index (χ4n) is 0.703. The minimum atomic E-state index is -1.59. The summed E-state index contributed by atoms with van der Waals surface area (Å²) >= 11 is 0. The van der Waals surface area contributed by atoms with E-state index in [1.54, 1.807) is 0 Å². The molecule has 6 nitrogen and oxygen atoms in total. The van der Waals surface area contributed by atoms with Crippen molar-refractivity contribution in [1.82, 2.24) is 0 Å². The molecule has 0 radical (unpaired) electrons. The zero-order valence-corrected chi connectivity index (χ0v) is 8.66. The Bertz CT molecular complexity index is 114. The number of halogens is 1. The molecule has 0 saturated carbocycles. The Hall–Kier alpha value is 0.240. The van der Waals surface area contributed by atoms with Crippen LogP contribution in [-0.4, -0.2) is 63.1 Å². The van der Waals surface area contributed by atoms with E-state index in [0.29, 0.717) is 0 Å². The molecule has 0 saturated heterocycles. The molecule has 0 heterocycles. The van der Waals surface area contributed by atoms with Crippen molar-refractivity contribution in [2.75, 3.05) is 13.2 Å². The number of rotatable bonds is 5. The van der Waals surface area contributed by atoms with Crippen LogP contribution in [0.3, 0.4) is 0 Å². The fourth-order valence-corrected chi connectivity index (χ4v) is 0.703. The number of hydrogen-bond acceptors (Lipinski definition) is 6. The average molecular weight is 262 g/mol. The summed E-state index contributed by atoms with van der Waals surface area (Å²) in [5, 5.41) is 44.2. The third kappa shape index (κ3) is 4.87. The highest BCUT2D eigenvalue weighted by atomic mass is 79.9. The maximum absolute atomic E-state index is 9.04. The zero-order chi connectivity index (χ0) is 9.72. The van der Waals surface area contributed by atoms with Crippen molar-refractivity contribution in [2.24, 2.45) is 5.73 Å². The molecule has 0 aromatic carbocycles. The molecule has 7 heteroatoms. The van der Waals surface area contributed by atoms with Crippen molar-refractivity contribution >= 4 is 17.0 Å². The Morgan fingerprint density at radius 3 is 1.62 bits per heavy atom. The summed E-state index contributed by atoms with van der Waals surface area (Å²) in [4.78, 5) is 0. The van der Waals surface area contributed by atoms with Crippen molar-refractivity contribution in [1.29, 1.82) is 0 Å². The van der Waals surface area contributed by atoms with Crippen LogP contribution in [0, 0.1) is 0 Å². The average Bonchev–Trinajstić information content (AvgIpc) is 2.12. The molecule has 0 fully saturated rings. The molecule has 0 spiro atoms. The van der Waals surface area contributed by atoms with Gasteiger partial charge in [-0.05, 0) is 0 Å². The smallest absolute Gasteiger partial charge is 0.111 e. The third-order valence-electron chi connectivity index (χ3n) is 1.57. The Kier molecular flexibility index (Phi) is 9.21.